The molecule has 2 aromatic rings. The van der Waals surface area contributed by atoms with Crippen molar-refractivity contribution >= 4 is 21.7 Å². The third-order valence-corrected chi connectivity index (χ3v) is 4.81. The first-order valence-electron chi connectivity index (χ1n) is 7.62. The average Bonchev–Trinajstić information content (AvgIpc) is 2.64. The number of benzene rings is 2. The number of sulfone groups is 1. The Labute approximate surface area is 152 Å². The molecule has 0 bridgehead atoms. The largest absolute Gasteiger partial charge is 0.497 e. The van der Waals surface area contributed by atoms with Crippen molar-refractivity contribution in [1.29, 1.82) is 0 Å². The molecule has 6 nitrogen and oxygen atoms in total. The third kappa shape index (κ3) is 4.43. The normalized spacial score (nSPS) is 11.4. The maximum atomic E-state index is 12.6. The van der Waals surface area contributed by atoms with Gasteiger partial charge in [-0.05, 0) is 29.8 Å². The molecule has 0 aromatic heterocycles. The molecule has 2 aromatic carbocycles. The molecule has 0 heterocycles. The van der Waals surface area contributed by atoms with Crippen LogP contribution >= 0.6 is 0 Å². The van der Waals surface area contributed by atoms with Crippen LogP contribution in [0.2, 0.25) is 0 Å². The van der Waals surface area contributed by atoms with Gasteiger partial charge in [0.2, 0.25) is 0 Å². The van der Waals surface area contributed by atoms with Crippen LogP contribution < -0.4 is 14.2 Å². The van der Waals surface area contributed by atoms with Gasteiger partial charge in [0.15, 0.2) is 15.6 Å². The second kappa shape index (κ2) is 8.05. The summed E-state index contributed by atoms with van der Waals surface area (Å²) in [6.07, 6.45) is 4.10. The molecular formula is C19H20O6S. The first-order chi connectivity index (χ1) is 12.3. The van der Waals surface area contributed by atoms with E-state index in [0.717, 1.165) is 17.6 Å². The first-order valence-corrected chi connectivity index (χ1v) is 9.52. The molecule has 7 heteroatoms. The van der Waals surface area contributed by atoms with Gasteiger partial charge in [-0.2, -0.15) is 0 Å². The fourth-order valence-corrected chi connectivity index (χ4v) is 3.16. The van der Waals surface area contributed by atoms with E-state index in [4.69, 9.17) is 14.2 Å². The summed E-state index contributed by atoms with van der Waals surface area (Å²) in [6, 6.07) is 9.86. The van der Waals surface area contributed by atoms with Gasteiger partial charge in [0.25, 0.3) is 0 Å². The zero-order chi connectivity index (χ0) is 19.3. The minimum absolute atomic E-state index is 0.0347. The van der Waals surface area contributed by atoms with Crippen LogP contribution in [0.15, 0.2) is 47.4 Å². The van der Waals surface area contributed by atoms with Crippen LogP contribution in [0.1, 0.15) is 15.9 Å². The Hall–Kier alpha value is -2.80. The van der Waals surface area contributed by atoms with Crippen molar-refractivity contribution in [3.8, 4) is 17.2 Å². The van der Waals surface area contributed by atoms with E-state index in [1.807, 2.05) is 12.1 Å². The van der Waals surface area contributed by atoms with Gasteiger partial charge in [-0.15, -0.1) is 0 Å². The molecule has 0 fully saturated rings. The van der Waals surface area contributed by atoms with Crippen LogP contribution in [0.4, 0.5) is 0 Å². The number of hydrogen-bond acceptors (Lipinski definition) is 6. The summed E-state index contributed by atoms with van der Waals surface area (Å²) in [4.78, 5) is 12.5. The minimum Gasteiger partial charge on any atom is -0.497 e. The Morgan fingerprint density at radius 3 is 2.04 bits per heavy atom. The van der Waals surface area contributed by atoms with E-state index in [0.29, 0.717) is 0 Å². The molecule has 2 rings (SSSR count). The Bertz CT molecular complexity index is 927. The Kier molecular flexibility index (Phi) is 6.05. The quantitative estimate of drug-likeness (QED) is 0.546. The smallest absolute Gasteiger partial charge is 0.189 e. The summed E-state index contributed by atoms with van der Waals surface area (Å²) < 4.78 is 39.2. The van der Waals surface area contributed by atoms with E-state index in [1.165, 1.54) is 32.4 Å². The topological polar surface area (TPSA) is 78.9 Å². The number of carbonyl (C=O) groups excluding carboxylic acids is 1. The van der Waals surface area contributed by atoms with Gasteiger partial charge in [0.05, 0.1) is 26.9 Å². The van der Waals surface area contributed by atoms with Gasteiger partial charge >= 0.3 is 0 Å². The number of allylic oxidation sites excluding steroid dienone is 1. The summed E-state index contributed by atoms with van der Waals surface area (Å²) in [6.45, 7) is 0. The fraction of sp³-hybridized carbons (Fsp3) is 0.211. The van der Waals surface area contributed by atoms with Crippen molar-refractivity contribution in [2.75, 3.05) is 27.6 Å². The van der Waals surface area contributed by atoms with E-state index in [-0.39, 0.29) is 27.7 Å². The highest BCUT2D eigenvalue weighted by Crippen LogP contribution is 2.32. The first kappa shape index (κ1) is 19.5. The second-order valence-corrected chi connectivity index (χ2v) is 7.43. The van der Waals surface area contributed by atoms with Gasteiger partial charge in [0, 0.05) is 12.3 Å². The van der Waals surface area contributed by atoms with Crippen molar-refractivity contribution in [3.05, 3.63) is 53.6 Å². The lowest BCUT2D eigenvalue weighted by Crippen LogP contribution is -2.06. The molecule has 0 aliphatic heterocycles. The number of carbonyl (C=O) groups is 1. The van der Waals surface area contributed by atoms with E-state index in [1.54, 1.807) is 25.3 Å². The predicted molar refractivity (Wildman–Crippen MR) is 99.0 cm³/mol. The van der Waals surface area contributed by atoms with Crippen LogP contribution in [-0.4, -0.2) is 41.8 Å². The summed E-state index contributed by atoms with van der Waals surface area (Å²) in [7, 11) is 0.767. The second-order valence-electron chi connectivity index (χ2n) is 5.45. The monoisotopic (exact) mass is 376 g/mol. The molecule has 138 valence electrons. The van der Waals surface area contributed by atoms with Gasteiger partial charge in [-0.25, -0.2) is 8.42 Å². The summed E-state index contributed by atoms with van der Waals surface area (Å²) in [5.41, 5.74) is 1.03. The number of rotatable bonds is 7. The van der Waals surface area contributed by atoms with E-state index in [2.05, 4.69) is 0 Å². The zero-order valence-electron chi connectivity index (χ0n) is 15.0. The molecule has 0 amide bonds. The average molecular weight is 376 g/mol. The standard InChI is InChI=1S/C19H20O6S/c1-23-14-8-5-13(6-9-14)7-10-16(20)15-11-18(25-3)19(26(4,21)22)12-17(15)24-2/h5-12H,1-4H3/b10-7+. The SMILES string of the molecule is COc1ccc(/C=C/C(=O)c2cc(OC)c(S(C)(=O)=O)cc2OC)cc1. The third-order valence-electron chi connectivity index (χ3n) is 3.69. The summed E-state index contributed by atoms with van der Waals surface area (Å²) in [5.74, 6) is 0.636. The van der Waals surface area contributed by atoms with Crippen molar-refractivity contribution in [2.24, 2.45) is 0 Å². The van der Waals surface area contributed by atoms with Crippen LogP contribution in [-0.2, 0) is 9.84 Å². The molecule has 0 saturated carbocycles. The number of ether oxygens (including phenoxy) is 3. The highest BCUT2D eigenvalue weighted by molar-refractivity contribution is 7.90. The maximum absolute atomic E-state index is 12.6. The molecule has 26 heavy (non-hydrogen) atoms. The van der Waals surface area contributed by atoms with Crippen molar-refractivity contribution in [3.63, 3.8) is 0 Å². The van der Waals surface area contributed by atoms with Crippen LogP contribution in [0.5, 0.6) is 17.2 Å². The van der Waals surface area contributed by atoms with E-state index >= 15 is 0 Å². The van der Waals surface area contributed by atoms with Crippen molar-refractivity contribution in [2.45, 2.75) is 4.90 Å². The lowest BCUT2D eigenvalue weighted by molar-refractivity contribution is 0.104. The van der Waals surface area contributed by atoms with Crippen molar-refractivity contribution < 1.29 is 27.4 Å². The molecule has 0 atom stereocenters. The number of ketones is 1. The lowest BCUT2D eigenvalue weighted by atomic mass is 10.1. The zero-order valence-corrected chi connectivity index (χ0v) is 15.8. The minimum atomic E-state index is -3.53. The Morgan fingerprint density at radius 2 is 1.54 bits per heavy atom. The predicted octanol–water partition coefficient (Wildman–Crippen LogP) is 3.01. The number of methoxy groups -OCH3 is 3. The van der Waals surface area contributed by atoms with E-state index < -0.39 is 9.84 Å². The molecule has 0 radical (unpaired) electrons. The maximum Gasteiger partial charge on any atom is 0.189 e. The van der Waals surface area contributed by atoms with Crippen LogP contribution in [0, 0.1) is 0 Å². The van der Waals surface area contributed by atoms with Gasteiger partial charge in [0.1, 0.15) is 22.1 Å². The van der Waals surface area contributed by atoms with Gasteiger partial charge in [-0.1, -0.05) is 18.2 Å². The van der Waals surface area contributed by atoms with Crippen LogP contribution in [0.25, 0.3) is 6.08 Å². The molecule has 0 aliphatic rings. The molecule has 0 spiro atoms. The summed E-state index contributed by atoms with van der Waals surface area (Å²) in [5, 5.41) is 0. The van der Waals surface area contributed by atoms with Gasteiger partial charge < -0.3 is 14.2 Å². The van der Waals surface area contributed by atoms with Crippen molar-refractivity contribution in [1.82, 2.24) is 0 Å². The molecular weight excluding hydrogens is 356 g/mol. The highest BCUT2D eigenvalue weighted by atomic mass is 32.2. The van der Waals surface area contributed by atoms with Gasteiger partial charge in [-0.3, -0.25) is 4.79 Å². The highest BCUT2D eigenvalue weighted by Gasteiger charge is 2.21. The fourth-order valence-electron chi connectivity index (χ4n) is 2.33. The summed E-state index contributed by atoms with van der Waals surface area (Å²) >= 11 is 0. The molecule has 0 unspecified atom stereocenters. The Balaban J connectivity index is 2.39. The molecule has 0 saturated heterocycles. The number of hydrogen-bond donors (Lipinski definition) is 0. The van der Waals surface area contributed by atoms with E-state index in [9.17, 15) is 13.2 Å². The Morgan fingerprint density at radius 1 is 0.923 bits per heavy atom. The lowest BCUT2D eigenvalue weighted by Gasteiger charge is -2.12. The molecule has 0 aliphatic carbocycles. The van der Waals surface area contributed by atoms with Crippen LogP contribution in [0.3, 0.4) is 0 Å². The molecule has 0 N–H and O–H groups in total.